The lowest BCUT2D eigenvalue weighted by atomic mass is 9.89. The number of carbonyl (C=O) groups is 2. The molecule has 0 saturated heterocycles. The average molecular weight is 362 g/mol. The van der Waals surface area contributed by atoms with Crippen LogP contribution < -0.4 is 4.74 Å². The second-order valence-electron chi connectivity index (χ2n) is 8.41. The van der Waals surface area contributed by atoms with Crippen molar-refractivity contribution in [2.75, 3.05) is 6.61 Å². The molecule has 0 unspecified atom stereocenters. The van der Waals surface area contributed by atoms with E-state index in [2.05, 4.69) is 0 Å². The van der Waals surface area contributed by atoms with Crippen molar-refractivity contribution in [2.24, 2.45) is 5.92 Å². The minimum absolute atomic E-state index is 0.0301. The summed E-state index contributed by atoms with van der Waals surface area (Å²) >= 11 is 0. The van der Waals surface area contributed by atoms with Crippen LogP contribution in [0.1, 0.15) is 81.1 Å². The molecule has 5 heteroatoms. The van der Waals surface area contributed by atoms with E-state index < -0.39 is 17.4 Å². The minimum Gasteiger partial charge on any atom is -0.493 e. The normalized spacial score (nSPS) is 18.7. The van der Waals surface area contributed by atoms with Crippen molar-refractivity contribution in [3.8, 4) is 5.75 Å². The molecule has 1 aromatic carbocycles. The van der Waals surface area contributed by atoms with Gasteiger partial charge in [0.25, 0.3) is 0 Å². The van der Waals surface area contributed by atoms with E-state index in [0.717, 1.165) is 25.7 Å². The summed E-state index contributed by atoms with van der Waals surface area (Å²) in [5.41, 5.74) is -0.200. The zero-order valence-electron chi connectivity index (χ0n) is 15.8. The molecule has 26 heavy (non-hydrogen) atoms. The van der Waals surface area contributed by atoms with E-state index in [0.29, 0.717) is 42.5 Å². The van der Waals surface area contributed by atoms with E-state index in [1.54, 1.807) is 26.8 Å². The Morgan fingerprint density at radius 2 is 1.81 bits per heavy atom. The van der Waals surface area contributed by atoms with Crippen LogP contribution in [0.5, 0.6) is 5.75 Å². The second-order valence-corrected chi connectivity index (χ2v) is 8.41. The van der Waals surface area contributed by atoms with E-state index in [4.69, 9.17) is 9.47 Å². The molecule has 1 aromatic rings. The number of hydrogen-bond acceptors (Lipinski definition) is 4. The fourth-order valence-corrected chi connectivity index (χ4v) is 3.32. The molecule has 2 aliphatic carbocycles. The maximum absolute atomic E-state index is 15.0. The molecule has 4 nitrogen and oxygen atoms in total. The summed E-state index contributed by atoms with van der Waals surface area (Å²) in [6.07, 6.45) is 4.68. The molecule has 0 amide bonds. The second kappa shape index (κ2) is 7.37. The number of hydrogen-bond donors (Lipinski definition) is 0. The SMILES string of the molecule is CC(C)(C)OC(=O)c1ccc(OCC2CCC(=O)CC2)c(C2CC2)c1F. The Balaban J connectivity index is 1.75. The third-order valence-corrected chi connectivity index (χ3v) is 4.88. The number of carbonyl (C=O) groups excluding carboxylic acids is 2. The molecule has 0 aliphatic heterocycles. The molecule has 3 rings (SSSR count). The van der Waals surface area contributed by atoms with Crippen LogP contribution in [0, 0.1) is 11.7 Å². The highest BCUT2D eigenvalue weighted by Gasteiger charge is 2.33. The van der Waals surface area contributed by atoms with Crippen molar-refractivity contribution in [2.45, 2.75) is 70.8 Å². The summed E-state index contributed by atoms with van der Waals surface area (Å²) in [6, 6.07) is 3.14. The summed E-state index contributed by atoms with van der Waals surface area (Å²) < 4.78 is 26.3. The van der Waals surface area contributed by atoms with Gasteiger partial charge in [0.15, 0.2) is 0 Å². The first-order valence-electron chi connectivity index (χ1n) is 9.45. The Morgan fingerprint density at radius 1 is 1.15 bits per heavy atom. The van der Waals surface area contributed by atoms with Gasteiger partial charge in [0.1, 0.15) is 23.0 Å². The highest BCUT2D eigenvalue weighted by atomic mass is 19.1. The van der Waals surface area contributed by atoms with Crippen molar-refractivity contribution < 1.29 is 23.5 Å². The topological polar surface area (TPSA) is 52.6 Å². The molecule has 2 saturated carbocycles. The molecule has 0 bridgehead atoms. The van der Waals surface area contributed by atoms with Gasteiger partial charge in [-0.1, -0.05) is 0 Å². The molecule has 2 fully saturated rings. The van der Waals surface area contributed by atoms with Crippen molar-refractivity contribution in [3.63, 3.8) is 0 Å². The Hall–Kier alpha value is -1.91. The lowest BCUT2D eigenvalue weighted by Gasteiger charge is -2.23. The van der Waals surface area contributed by atoms with Gasteiger partial charge in [-0.3, -0.25) is 4.79 Å². The van der Waals surface area contributed by atoms with Crippen LogP contribution in [-0.4, -0.2) is 24.0 Å². The smallest absolute Gasteiger partial charge is 0.341 e. The van der Waals surface area contributed by atoms with Gasteiger partial charge < -0.3 is 9.47 Å². The van der Waals surface area contributed by atoms with Crippen LogP contribution in [-0.2, 0) is 9.53 Å². The Labute approximate surface area is 154 Å². The van der Waals surface area contributed by atoms with Gasteiger partial charge in [0.05, 0.1) is 12.2 Å². The van der Waals surface area contributed by atoms with Gasteiger partial charge in [-0.2, -0.15) is 0 Å². The summed E-state index contributed by atoms with van der Waals surface area (Å²) in [5, 5.41) is 0. The molecule has 2 aliphatic rings. The van der Waals surface area contributed by atoms with Gasteiger partial charge in [0.2, 0.25) is 0 Å². The van der Waals surface area contributed by atoms with Crippen LogP contribution in [0.4, 0.5) is 4.39 Å². The van der Waals surface area contributed by atoms with Crippen LogP contribution in [0.15, 0.2) is 12.1 Å². The van der Waals surface area contributed by atoms with E-state index in [1.165, 1.54) is 6.07 Å². The number of ketones is 1. The lowest BCUT2D eigenvalue weighted by molar-refractivity contribution is -0.121. The fraction of sp³-hybridized carbons (Fsp3) is 0.619. The number of halogens is 1. The Kier molecular flexibility index (Phi) is 5.35. The maximum atomic E-state index is 15.0. The average Bonchev–Trinajstić information content (AvgIpc) is 3.37. The lowest BCUT2D eigenvalue weighted by Crippen LogP contribution is -2.25. The molecule has 0 heterocycles. The molecule has 0 spiro atoms. The van der Waals surface area contributed by atoms with E-state index in [-0.39, 0.29) is 11.5 Å². The van der Waals surface area contributed by atoms with E-state index in [9.17, 15) is 9.59 Å². The van der Waals surface area contributed by atoms with Gasteiger partial charge in [-0.15, -0.1) is 0 Å². The van der Waals surface area contributed by atoms with Gasteiger partial charge in [0, 0.05) is 18.4 Å². The Morgan fingerprint density at radius 3 is 2.38 bits per heavy atom. The van der Waals surface area contributed by atoms with E-state index >= 15 is 4.39 Å². The third-order valence-electron chi connectivity index (χ3n) is 4.88. The van der Waals surface area contributed by atoms with Gasteiger partial charge >= 0.3 is 5.97 Å². The number of ether oxygens (including phenoxy) is 2. The molecule has 0 atom stereocenters. The van der Waals surface area contributed by atoms with Crippen molar-refractivity contribution in [1.82, 2.24) is 0 Å². The number of benzene rings is 1. The van der Waals surface area contributed by atoms with E-state index in [1.807, 2.05) is 0 Å². The summed E-state index contributed by atoms with van der Waals surface area (Å²) in [4.78, 5) is 23.6. The molecular weight excluding hydrogens is 335 g/mol. The van der Waals surface area contributed by atoms with Crippen molar-refractivity contribution >= 4 is 11.8 Å². The first-order chi connectivity index (χ1) is 12.2. The molecule has 0 N–H and O–H groups in total. The molecule has 0 aromatic heterocycles. The standard InChI is InChI=1S/C21H27FO4/c1-21(2,3)26-20(24)16-10-11-17(18(19(16)22)14-6-7-14)25-12-13-4-8-15(23)9-5-13/h10-11,13-14H,4-9,12H2,1-3H3. The largest absolute Gasteiger partial charge is 0.493 e. The molecule has 0 radical (unpaired) electrons. The summed E-state index contributed by atoms with van der Waals surface area (Å²) in [5.74, 6) is 0.114. The zero-order chi connectivity index (χ0) is 18.9. The predicted molar refractivity (Wildman–Crippen MR) is 96.0 cm³/mol. The van der Waals surface area contributed by atoms with Gasteiger partial charge in [-0.25, -0.2) is 9.18 Å². The van der Waals surface area contributed by atoms with Crippen molar-refractivity contribution in [1.29, 1.82) is 0 Å². The first-order valence-corrected chi connectivity index (χ1v) is 9.45. The zero-order valence-corrected chi connectivity index (χ0v) is 15.8. The van der Waals surface area contributed by atoms with Crippen LogP contribution in [0.3, 0.4) is 0 Å². The predicted octanol–water partition coefficient (Wildman–Crippen LogP) is 4.80. The summed E-state index contributed by atoms with van der Waals surface area (Å²) in [6.45, 7) is 5.77. The summed E-state index contributed by atoms with van der Waals surface area (Å²) in [7, 11) is 0. The number of esters is 1. The van der Waals surface area contributed by atoms with Crippen LogP contribution >= 0.6 is 0 Å². The third kappa shape index (κ3) is 4.63. The molecular formula is C21H27FO4. The first kappa shape index (κ1) is 18.9. The monoisotopic (exact) mass is 362 g/mol. The minimum atomic E-state index is -0.670. The van der Waals surface area contributed by atoms with Gasteiger partial charge in [-0.05, 0) is 70.4 Å². The fourth-order valence-electron chi connectivity index (χ4n) is 3.32. The van der Waals surface area contributed by atoms with Crippen LogP contribution in [0.25, 0.3) is 0 Å². The number of rotatable bonds is 5. The van der Waals surface area contributed by atoms with Crippen LogP contribution in [0.2, 0.25) is 0 Å². The highest BCUT2D eigenvalue weighted by molar-refractivity contribution is 5.90. The van der Waals surface area contributed by atoms with Crippen molar-refractivity contribution in [3.05, 3.63) is 29.1 Å². The number of Topliss-reactive ketones (excluding diaryl/α,β-unsaturated/α-hetero) is 1. The maximum Gasteiger partial charge on any atom is 0.341 e. The highest BCUT2D eigenvalue weighted by Crippen LogP contribution is 2.46. The molecule has 142 valence electrons. The quantitative estimate of drug-likeness (QED) is 0.706. The Bertz CT molecular complexity index is 691.